The summed E-state index contributed by atoms with van der Waals surface area (Å²) in [5.74, 6) is 0. The van der Waals surface area contributed by atoms with Crippen LogP contribution in [0.15, 0.2) is 48.8 Å². The normalized spacial score (nSPS) is 18.0. The molecule has 1 aliphatic rings. The van der Waals surface area contributed by atoms with E-state index >= 15 is 0 Å². The lowest BCUT2D eigenvalue weighted by molar-refractivity contribution is 0.220. The molecule has 2 aromatic rings. The molecule has 3 heteroatoms. The second-order valence-electron chi connectivity index (χ2n) is 5.29. The number of hydrogen-bond donors (Lipinski definition) is 2. The van der Waals surface area contributed by atoms with Crippen LogP contribution in [0.5, 0.6) is 0 Å². The Morgan fingerprint density at radius 3 is 2.16 bits per heavy atom. The minimum absolute atomic E-state index is 0.208. The van der Waals surface area contributed by atoms with Crippen LogP contribution in [0.25, 0.3) is 0 Å². The Kier molecular flexibility index (Phi) is 3.09. The van der Waals surface area contributed by atoms with Gasteiger partial charge in [-0.2, -0.15) is 0 Å². The van der Waals surface area contributed by atoms with Crippen molar-refractivity contribution in [1.29, 1.82) is 0 Å². The maximum atomic E-state index is 10.3. The Balaban J connectivity index is 1.83. The molecule has 1 heterocycles. The van der Waals surface area contributed by atoms with Crippen LogP contribution < -0.4 is 5.73 Å². The highest BCUT2D eigenvalue weighted by molar-refractivity contribution is 5.37. The Labute approximate surface area is 113 Å². The molecule has 1 fully saturated rings. The molecule has 0 spiro atoms. The lowest BCUT2D eigenvalue weighted by atomic mass is 9.93. The fourth-order valence-electron chi connectivity index (χ4n) is 2.52. The van der Waals surface area contributed by atoms with Gasteiger partial charge < -0.3 is 10.8 Å². The first-order valence-electron chi connectivity index (χ1n) is 6.64. The Bertz CT molecular complexity index is 547. The summed E-state index contributed by atoms with van der Waals surface area (Å²) in [4.78, 5) is 3.96. The molecule has 1 saturated carbocycles. The largest absolute Gasteiger partial charge is 0.384 e. The van der Waals surface area contributed by atoms with E-state index in [4.69, 9.17) is 5.73 Å². The predicted octanol–water partition coefficient (Wildman–Crippen LogP) is 2.15. The zero-order valence-corrected chi connectivity index (χ0v) is 10.8. The molecule has 1 aliphatic carbocycles. The highest BCUT2D eigenvalue weighted by Gasteiger charge is 2.42. The van der Waals surface area contributed by atoms with Crippen molar-refractivity contribution in [2.45, 2.75) is 24.4 Å². The van der Waals surface area contributed by atoms with Crippen molar-refractivity contribution in [2.24, 2.45) is 5.73 Å². The zero-order valence-electron chi connectivity index (χ0n) is 10.8. The van der Waals surface area contributed by atoms with Gasteiger partial charge in [0.1, 0.15) is 6.10 Å². The van der Waals surface area contributed by atoms with Crippen molar-refractivity contribution in [3.8, 4) is 0 Å². The van der Waals surface area contributed by atoms with Crippen LogP contribution in [-0.4, -0.2) is 16.6 Å². The van der Waals surface area contributed by atoms with Crippen molar-refractivity contribution in [3.63, 3.8) is 0 Å². The Morgan fingerprint density at radius 1 is 1.05 bits per heavy atom. The van der Waals surface area contributed by atoms with Crippen LogP contribution >= 0.6 is 0 Å². The van der Waals surface area contributed by atoms with E-state index in [1.165, 1.54) is 18.4 Å². The number of hydrogen-bond acceptors (Lipinski definition) is 3. The van der Waals surface area contributed by atoms with Crippen molar-refractivity contribution in [2.75, 3.05) is 6.54 Å². The third-order valence-corrected chi connectivity index (χ3v) is 4.10. The standard InChI is InChI=1S/C16H18N2O/c17-11-16(7-8-16)14-3-1-12(2-4-14)15(19)13-5-9-18-10-6-13/h1-6,9-10,15,19H,7-8,11,17H2. The van der Waals surface area contributed by atoms with Gasteiger partial charge in [0.25, 0.3) is 0 Å². The average Bonchev–Trinajstić information content (AvgIpc) is 3.29. The van der Waals surface area contributed by atoms with Gasteiger partial charge in [0.15, 0.2) is 0 Å². The van der Waals surface area contributed by atoms with Crippen LogP contribution in [-0.2, 0) is 5.41 Å². The maximum absolute atomic E-state index is 10.3. The SMILES string of the molecule is NCC1(c2ccc(C(O)c3ccncc3)cc2)CC1. The molecular formula is C16H18N2O. The van der Waals surface area contributed by atoms with E-state index in [2.05, 4.69) is 17.1 Å². The fourth-order valence-corrected chi connectivity index (χ4v) is 2.52. The van der Waals surface area contributed by atoms with E-state index in [-0.39, 0.29) is 5.41 Å². The first-order valence-corrected chi connectivity index (χ1v) is 6.64. The molecule has 0 amide bonds. The van der Waals surface area contributed by atoms with Gasteiger partial charge in [0.05, 0.1) is 0 Å². The number of pyridine rings is 1. The molecule has 0 radical (unpaired) electrons. The molecule has 0 bridgehead atoms. The molecule has 0 aliphatic heterocycles. The molecule has 3 rings (SSSR count). The fraction of sp³-hybridized carbons (Fsp3) is 0.312. The van der Waals surface area contributed by atoms with Crippen LogP contribution in [0.1, 0.15) is 35.6 Å². The smallest absolute Gasteiger partial charge is 0.104 e. The summed E-state index contributed by atoms with van der Waals surface area (Å²) < 4.78 is 0. The molecule has 1 unspecified atom stereocenters. The molecule has 3 nitrogen and oxygen atoms in total. The summed E-state index contributed by atoms with van der Waals surface area (Å²) in [6.07, 6.45) is 5.15. The minimum Gasteiger partial charge on any atom is -0.384 e. The first-order chi connectivity index (χ1) is 9.25. The summed E-state index contributed by atoms with van der Waals surface area (Å²) in [5, 5.41) is 10.3. The topological polar surface area (TPSA) is 59.1 Å². The van der Waals surface area contributed by atoms with Crippen molar-refractivity contribution >= 4 is 0 Å². The number of benzene rings is 1. The van der Waals surface area contributed by atoms with Crippen molar-refractivity contribution in [1.82, 2.24) is 4.98 Å². The monoisotopic (exact) mass is 254 g/mol. The van der Waals surface area contributed by atoms with E-state index in [9.17, 15) is 5.11 Å². The molecule has 1 aromatic heterocycles. The Morgan fingerprint density at radius 2 is 1.63 bits per heavy atom. The summed E-state index contributed by atoms with van der Waals surface area (Å²) >= 11 is 0. The molecule has 1 aromatic carbocycles. The van der Waals surface area contributed by atoms with Gasteiger partial charge in [-0.15, -0.1) is 0 Å². The van der Waals surface area contributed by atoms with Gasteiger partial charge in [0, 0.05) is 24.4 Å². The van der Waals surface area contributed by atoms with E-state index in [0.717, 1.165) is 11.1 Å². The average molecular weight is 254 g/mol. The van der Waals surface area contributed by atoms with E-state index < -0.39 is 6.10 Å². The molecular weight excluding hydrogens is 236 g/mol. The zero-order chi connectivity index (χ0) is 13.3. The number of nitrogens with two attached hydrogens (primary N) is 1. The third kappa shape index (κ3) is 2.27. The Hall–Kier alpha value is -1.71. The van der Waals surface area contributed by atoms with Gasteiger partial charge in [-0.1, -0.05) is 24.3 Å². The molecule has 0 saturated heterocycles. The number of nitrogens with zero attached hydrogens (tertiary/aromatic N) is 1. The van der Waals surface area contributed by atoms with Crippen LogP contribution in [0.4, 0.5) is 0 Å². The van der Waals surface area contributed by atoms with Crippen molar-refractivity contribution < 1.29 is 5.11 Å². The maximum Gasteiger partial charge on any atom is 0.104 e. The highest BCUT2D eigenvalue weighted by atomic mass is 16.3. The lowest BCUT2D eigenvalue weighted by Crippen LogP contribution is -2.19. The quantitative estimate of drug-likeness (QED) is 0.879. The lowest BCUT2D eigenvalue weighted by Gasteiger charge is -2.15. The number of aromatic nitrogens is 1. The summed E-state index contributed by atoms with van der Waals surface area (Å²) in [6, 6.07) is 11.9. The first kappa shape index (κ1) is 12.3. The molecule has 1 atom stereocenters. The molecule has 98 valence electrons. The molecule has 3 N–H and O–H groups in total. The third-order valence-electron chi connectivity index (χ3n) is 4.10. The van der Waals surface area contributed by atoms with Crippen LogP contribution in [0.2, 0.25) is 0 Å². The van der Waals surface area contributed by atoms with E-state index in [0.29, 0.717) is 6.54 Å². The van der Waals surface area contributed by atoms with Gasteiger partial charge in [-0.3, -0.25) is 4.98 Å². The second-order valence-corrected chi connectivity index (χ2v) is 5.29. The molecule has 19 heavy (non-hydrogen) atoms. The van der Waals surface area contributed by atoms with Gasteiger partial charge in [-0.05, 0) is 41.7 Å². The summed E-state index contributed by atoms with van der Waals surface area (Å²) in [5.41, 5.74) is 9.10. The predicted molar refractivity (Wildman–Crippen MR) is 74.7 cm³/mol. The van der Waals surface area contributed by atoms with E-state index in [1.807, 2.05) is 24.3 Å². The second kappa shape index (κ2) is 4.76. The highest BCUT2D eigenvalue weighted by Crippen LogP contribution is 2.47. The van der Waals surface area contributed by atoms with Gasteiger partial charge in [0.2, 0.25) is 0 Å². The number of aliphatic hydroxyl groups is 1. The van der Waals surface area contributed by atoms with Crippen molar-refractivity contribution in [3.05, 3.63) is 65.5 Å². The van der Waals surface area contributed by atoms with Crippen LogP contribution in [0, 0.1) is 0 Å². The number of rotatable bonds is 4. The summed E-state index contributed by atoms with van der Waals surface area (Å²) in [7, 11) is 0. The summed E-state index contributed by atoms with van der Waals surface area (Å²) in [6.45, 7) is 0.708. The van der Waals surface area contributed by atoms with Gasteiger partial charge in [-0.25, -0.2) is 0 Å². The number of aliphatic hydroxyl groups excluding tert-OH is 1. The van der Waals surface area contributed by atoms with E-state index in [1.54, 1.807) is 12.4 Å². The van der Waals surface area contributed by atoms with Gasteiger partial charge >= 0.3 is 0 Å². The van der Waals surface area contributed by atoms with Crippen LogP contribution in [0.3, 0.4) is 0 Å². The minimum atomic E-state index is -0.593.